The lowest BCUT2D eigenvalue weighted by atomic mass is 9.89. The zero-order valence-electron chi connectivity index (χ0n) is 14.6. The first kappa shape index (κ1) is 19.3. The number of aliphatic hydroxyl groups is 1. The van der Waals surface area contributed by atoms with Crippen molar-refractivity contribution in [2.75, 3.05) is 6.61 Å². The molecule has 1 atom stereocenters. The summed E-state index contributed by atoms with van der Waals surface area (Å²) in [5, 5.41) is 14.7. The molecule has 1 heterocycles. The van der Waals surface area contributed by atoms with Crippen molar-refractivity contribution < 1.29 is 27.8 Å². The van der Waals surface area contributed by atoms with E-state index in [2.05, 4.69) is 5.10 Å². The van der Waals surface area contributed by atoms with Crippen molar-refractivity contribution in [3.05, 3.63) is 59.9 Å². The average Bonchev–Trinajstić information content (AvgIpc) is 3.20. The van der Waals surface area contributed by atoms with Crippen LogP contribution in [-0.4, -0.2) is 33.1 Å². The maximum absolute atomic E-state index is 14.1. The standard InChI is InChI=1S/C19H13ClF3N3O3/c20-26-8-10(7-25-26)13-5-11(29-9-16(24)27)6-15-17(13)12-3-1-2-4-14(12)18(15,28)19(21,22)23/h1-8,28H,9H2,(H2,24,27). The number of aromatic nitrogens is 2. The number of rotatable bonds is 4. The molecule has 3 N–H and O–H groups in total. The first-order chi connectivity index (χ1) is 13.6. The van der Waals surface area contributed by atoms with Crippen LogP contribution in [0.3, 0.4) is 0 Å². The molecule has 2 aromatic carbocycles. The minimum Gasteiger partial charge on any atom is -0.484 e. The molecule has 0 radical (unpaired) electrons. The average molecular weight is 424 g/mol. The van der Waals surface area contributed by atoms with Gasteiger partial charge in [0.2, 0.25) is 5.60 Å². The van der Waals surface area contributed by atoms with Crippen LogP contribution in [0.2, 0.25) is 0 Å². The summed E-state index contributed by atoms with van der Waals surface area (Å²) in [5.41, 5.74) is 2.22. The topological polar surface area (TPSA) is 90.4 Å². The van der Waals surface area contributed by atoms with Gasteiger partial charge in [-0.05, 0) is 28.8 Å². The number of ether oxygens (including phenoxy) is 1. The molecular formula is C19H13ClF3N3O3. The van der Waals surface area contributed by atoms with E-state index >= 15 is 0 Å². The molecule has 1 unspecified atom stereocenters. The van der Waals surface area contributed by atoms with Gasteiger partial charge in [-0.2, -0.15) is 22.5 Å². The maximum Gasteiger partial charge on any atom is 0.425 e. The van der Waals surface area contributed by atoms with E-state index in [1.165, 1.54) is 36.7 Å². The highest BCUT2D eigenvalue weighted by Crippen LogP contribution is 2.58. The SMILES string of the molecule is NC(=O)COc1cc(-c2cnn(Cl)c2)c2c(c1)C(O)(C(F)(F)F)c1ccccc1-2. The molecule has 1 aliphatic rings. The van der Waals surface area contributed by atoms with Crippen molar-refractivity contribution in [2.24, 2.45) is 5.73 Å². The minimum absolute atomic E-state index is 0.0599. The molecule has 150 valence electrons. The molecule has 0 aliphatic heterocycles. The van der Waals surface area contributed by atoms with Crippen molar-refractivity contribution in [3.63, 3.8) is 0 Å². The summed E-state index contributed by atoms with van der Waals surface area (Å²) in [4.78, 5) is 11.1. The normalized spacial score (nSPS) is 17.7. The van der Waals surface area contributed by atoms with Gasteiger partial charge < -0.3 is 15.6 Å². The Labute approximate surface area is 167 Å². The molecular weight excluding hydrogens is 411 g/mol. The van der Waals surface area contributed by atoms with Gasteiger partial charge in [-0.15, -0.1) is 0 Å². The Balaban J connectivity index is 2.05. The molecule has 1 aromatic heterocycles. The molecule has 10 heteroatoms. The van der Waals surface area contributed by atoms with Gasteiger partial charge >= 0.3 is 6.18 Å². The van der Waals surface area contributed by atoms with Gasteiger partial charge in [0, 0.05) is 28.5 Å². The fourth-order valence-electron chi connectivity index (χ4n) is 3.56. The number of halogens is 4. The predicted octanol–water partition coefficient (Wildman–Crippen LogP) is 3.19. The summed E-state index contributed by atoms with van der Waals surface area (Å²) in [5.74, 6) is -0.856. The lowest BCUT2D eigenvalue weighted by molar-refractivity contribution is -0.246. The number of primary amides is 1. The van der Waals surface area contributed by atoms with Crippen molar-refractivity contribution in [1.29, 1.82) is 0 Å². The summed E-state index contributed by atoms with van der Waals surface area (Å²) < 4.78 is 48.5. The number of benzene rings is 2. The second-order valence-electron chi connectivity index (χ2n) is 6.52. The van der Waals surface area contributed by atoms with Gasteiger partial charge in [0.15, 0.2) is 6.61 Å². The Morgan fingerprint density at radius 3 is 2.59 bits per heavy atom. The van der Waals surface area contributed by atoms with Gasteiger partial charge in [-0.1, -0.05) is 24.3 Å². The highest BCUT2D eigenvalue weighted by molar-refractivity contribution is 6.15. The second-order valence-corrected chi connectivity index (χ2v) is 6.87. The Hall–Kier alpha value is -3.04. The van der Waals surface area contributed by atoms with Gasteiger partial charge in [-0.25, -0.2) is 0 Å². The van der Waals surface area contributed by atoms with E-state index in [-0.39, 0.29) is 22.4 Å². The monoisotopic (exact) mass is 423 g/mol. The van der Waals surface area contributed by atoms with E-state index in [1.54, 1.807) is 6.07 Å². The molecule has 1 aliphatic carbocycles. The molecule has 0 saturated heterocycles. The number of hydrogen-bond donors (Lipinski definition) is 2. The van der Waals surface area contributed by atoms with E-state index in [0.717, 1.165) is 10.3 Å². The number of nitrogens with two attached hydrogens (primary N) is 1. The summed E-state index contributed by atoms with van der Waals surface area (Å²) in [6.45, 7) is -0.537. The fourth-order valence-corrected chi connectivity index (χ4v) is 3.71. The van der Waals surface area contributed by atoms with Crippen LogP contribution in [0.5, 0.6) is 5.75 Å². The zero-order valence-corrected chi connectivity index (χ0v) is 15.3. The Morgan fingerprint density at radius 2 is 1.97 bits per heavy atom. The number of amides is 1. The summed E-state index contributed by atoms with van der Waals surface area (Å²) in [6.07, 6.45) is -2.23. The summed E-state index contributed by atoms with van der Waals surface area (Å²) in [7, 11) is 0. The van der Waals surface area contributed by atoms with E-state index in [9.17, 15) is 23.1 Å². The number of carbonyl (C=O) groups excluding carboxylic acids is 1. The molecule has 3 aromatic rings. The predicted molar refractivity (Wildman–Crippen MR) is 98.1 cm³/mol. The highest BCUT2D eigenvalue weighted by Gasteiger charge is 2.61. The second kappa shape index (κ2) is 6.50. The van der Waals surface area contributed by atoms with Crippen LogP contribution in [0, 0.1) is 0 Å². The molecule has 29 heavy (non-hydrogen) atoms. The van der Waals surface area contributed by atoms with Gasteiger partial charge in [0.05, 0.1) is 12.4 Å². The van der Waals surface area contributed by atoms with E-state index in [1.807, 2.05) is 0 Å². The molecule has 6 nitrogen and oxygen atoms in total. The van der Waals surface area contributed by atoms with E-state index < -0.39 is 29.9 Å². The van der Waals surface area contributed by atoms with Crippen LogP contribution in [0.15, 0.2) is 48.8 Å². The highest BCUT2D eigenvalue weighted by atomic mass is 35.5. The maximum atomic E-state index is 14.1. The Kier molecular flexibility index (Phi) is 4.32. The third-order valence-electron chi connectivity index (χ3n) is 4.74. The van der Waals surface area contributed by atoms with Crippen LogP contribution >= 0.6 is 11.8 Å². The van der Waals surface area contributed by atoms with Crippen LogP contribution in [0.25, 0.3) is 22.3 Å². The molecule has 4 rings (SSSR count). The van der Waals surface area contributed by atoms with E-state index in [0.29, 0.717) is 11.1 Å². The molecule has 0 saturated carbocycles. The minimum atomic E-state index is -5.01. The van der Waals surface area contributed by atoms with Crippen molar-refractivity contribution in [2.45, 2.75) is 11.8 Å². The Bertz CT molecular complexity index is 1130. The summed E-state index contributed by atoms with van der Waals surface area (Å²) in [6, 6.07) is 8.24. The quantitative estimate of drug-likeness (QED) is 0.674. The van der Waals surface area contributed by atoms with Crippen molar-refractivity contribution in [1.82, 2.24) is 9.30 Å². The number of fused-ring (bicyclic) bond motifs is 3. The van der Waals surface area contributed by atoms with Crippen LogP contribution < -0.4 is 10.5 Å². The number of alkyl halides is 3. The number of hydrogen-bond acceptors (Lipinski definition) is 4. The lowest BCUT2D eigenvalue weighted by Gasteiger charge is -2.28. The third-order valence-corrected chi connectivity index (χ3v) is 4.93. The number of carbonyl (C=O) groups is 1. The third kappa shape index (κ3) is 2.93. The van der Waals surface area contributed by atoms with Crippen LogP contribution in [0.1, 0.15) is 11.1 Å². The molecule has 0 fully saturated rings. The Morgan fingerprint density at radius 1 is 1.24 bits per heavy atom. The smallest absolute Gasteiger partial charge is 0.425 e. The molecule has 0 bridgehead atoms. The molecule has 1 amide bonds. The summed E-state index contributed by atoms with van der Waals surface area (Å²) >= 11 is 5.82. The van der Waals surface area contributed by atoms with Crippen LogP contribution in [-0.2, 0) is 10.4 Å². The van der Waals surface area contributed by atoms with E-state index in [4.69, 9.17) is 22.2 Å². The fraction of sp³-hybridized carbons (Fsp3) is 0.158. The zero-order chi connectivity index (χ0) is 21.0. The first-order valence-corrected chi connectivity index (χ1v) is 8.66. The van der Waals surface area contributed by atoms with Gasteiger partial charge in [-0.3, -0.25) is 4.79 Å². The molecule has 0 spiro atoms. The number of nitrogens with zero attached hydrogens (tertiary/aromatic N) is 2. The lowest BCUT2D eigenvalue weighted by Crippen LogP contribution is -2.41. The van der Waals surface area contributed by atoms with Gasteiger partial charge in [0.25, 0.3) is 5.91 Å². The van der Waals surface area contributed by atoms with Gasteiger partial charge in [0.1, 0.15) is 5.75 Å². The van der Waals surface area contributed by atoms with Crippen LogP contribution in [0.4, 0.5) is 13.2 Å². The first-order valence-electron chi connectivity index (χ1n) is 8.32. The largest absolute Gasteiger partial charge is 0.484 e. The van der Waals surface area contributed by atoms with Crippen molar-refractivity contribution >= 4 is 17.7 Å². The van der Waals surface area contributed by atoms with Crippen molar-refractivity contribution in [3.8, 4) is 28.0 Å².